The van der Waals surface area contributed by atoms with E-state index in [2.05, 4.69) is 19.2 Å². The fourth-order valence-corrected chi connectivity index (χ4v) is 3.33. The molecule has 0 aromatic rings. The molecule has 2 unspecified atom stereocenters. The van der Waals surface area contributed by atoms with Crippen LogP contribution < -0.4 is 11.1 Å². The van der Waals surface area contributed by atoms with E-state index >= 15 is 0 Å². The number of hydrogen-bond donors (Lipinski definition) is 3. The predicted molar refractivity (Wildman–Crippen MR) is 73.0 cm³/mol. The Balaban J connectivity index is 2.63. The molecule has 2 atom stereocenters. The number of rotatable bonds is 8. The van der Waals surface area contributed by atoms with Crippen LogP contribution in [0.25, 0.3) is 0 Å². The van der Waals surface area contributed by atoms with Gasteiger partial charge in [-0.1, -0.05) is 33.1 Å². The van der Waals surface area contributed by atoms with Crippen LogP contribution in [0.2, 0.25) is 0 Å². The lowest BCUT2D eigenvalue weighted by Crippen LogP contribution is -2.56. The van der Waals surface area contributed by atoms with Crippen LogP contribution in [0, 0.1) is 5.92 Å². The highest BCUT2D eigenvalue weighted by molar-refractivity contribution is 4.95. The molecule has 17 heavy (non-hydrogen) atoms. The number of aliphatic hydroxyl groups is 1. The molecule has 1 saturated carbocycles. The summed E-state index contributed by atoms with van der Waals surface area (Å²) in [6, 6.07) is 0.474. The van der Waals surface area contributed by atoms with E-state index in [4.69, 9.17) is 5.73 Å². The second-order valence-corrected chi connectivity index (χ2v) is 5.61. The second-order valence-electron chi connectivity index (χ2n) is 5.61. The van der Waals surface area contributed by atoms with Gasteiger partial charge in [-0.05, 0) is 31.6 Å². The van der Waals surface area contributed by atoms with E-state index in [1.807, 2.05) is 0 Å². The molecule has 1 aliphatic rings. The van der Waals surface area contributed by atoms with Crippen molar-refractivity contribution in [3.8, 4) is 0 Å². The van der Waals surface area contributed by atoms with Crippen molar-refractivity contribution in [2.75, 3.05) is 13.2 Å². The molecule has 0 aromatic carbocycles. The summed E-state index contributed by atoms with van der Waals surface area (Å²) >= 11 is 0. The highest BCUT2D eigenvalue weighted by atomic mass is 16.3. The molecule has 0 saturated heterocycles. The van der Waals surface area contributed by atoms with Crippen LogP contribution in [0.15, 0.2) is 0 Å². The molecule has 3 nitrogen and oxygen atoms in total. The van der Waals surface area contributed by atoms with E-state index in [1.54, 1.807) is 0 Å². The van der Waals surface area contributed by atoms with Crippen molar-refractivity contribution in [3.05, 3.63) is 0 Å². The van der Waals surface area contributed by atoms with Gasteiger partial charge in [0.05, 0.1) is 0 Å². The van der Waals surface area contributed by atoms with Crippen LogP contribution in [0.5, 0.6) is 0 Å². The van der Waals surface area contributed by atoms with Gasteiger partial charge in [0.25, 0.3) is 0 Å². The van der Waals surface area contributed by atoms with Gasteiger partial charge in [0.15, 0.2) is 0 Å². The minimum atomic E-state index is 0.103. The van der Waals surface area contributed by atoms with Crippen LogP contribution in [-0.2, 0) is 0 Å². The summed E-state index contributed by atoms with van der Waals surface area (Å²) < 4.78 is 0. The Bertz CT molecular complexity index is 202. The molecule has 3 heteroatoms. The monoisotopic (exact) mass is 242 g/mol. The van der Waals surface area contributed by atoms with E-state index < -0.39 is 0 Å². The standard InChI is InChI=1S/C14H30N2O/c1-3-8-14(11-15,9-4-2)16-13-7-5-6-12(13)10-17/h12-13,16-17H,3-11,15H2,1-2H3. The average Bonchev–Trinajstić information content (AvgIpc) is 2.76. The highest BCUT2D eigenvalue weighted by Crippen LogP contribution is 2.29. The van der Waals surface area contributed by atoms with Gasteiger partial charge in [0.1, 0.15) is 0 Å². The molecule has 0 radical (unpaired) electrons. The fourth-order valence-electron chi connectivity index (χ4n) is 3.33. The van der Waals surface area contributed by atoms with Crippen LogP contribution in [0.4, 0.5) is 0 Å². The smallest absolute Gasteiger partial charge is 0.0474 e. The van der Waals surface area contributed by atoms with Crippen molar-refractivity contribution in [2.45, 2.75) is 70.4 Å². The van der Waals surface area contributed by atoms with Crippen LogP contribution in [-0.4, -0.2) is 29.8 Å². The van der Waals surface area contributed by atoms with Gasteiger partial charge in [0, 0.05) is 24.7 Å². The lowest BCUT2D eigenvalue weighted by Gasteiger charge is -2.38. The third-order valence-corrected chi connectivity index (χ3v) is 4.23. The van der Waals surface area contributed by atoms with Gasteiger partial charge < -0.3 is 16.2 Å². The van der Waals surface area contributed by atoms with Gasteiger partial charge in [-0.3, -0.25) is 0 Å². The molecule has 0 aliphatic heterocycles. The molecule has 0 bridgehead atoms. The number of nitrogens with two attached hydrogens (primary N) is 1. The topological polar surface area (TPSA) is 58.3 Å². The predicted octanol–water partition coefficient (Wildman–Crippen LogP) is 2.03. The molecule has 102 valence electrons. The van der Waals surface area contributed by atoms with E-state index in [0.29, 0.717) is 25.1 Å². The molecular formula is C14H30N2O. The molecule has 1 rings (SSSR count). The summed E-state index contributed by atoms with van der Waals surface area (Å²) in [5, 5.41) is 13.2. The van der Waals surface area contributed by atoms with Gasteiger partial charge in [0.2, 0.25) is 0 Å². The molecule has 1 fully saturated rings. The SMILES string of the molecule is CCCC(CN)(CCC)NC1CCCC1CO. The van der Waals surface area contributed by atoms with Gasteiger partial charge in [-0.15, -0.1) is 0 Å². The number of hydrogen-bond acceptors (Lipinski definition) is 3. The third kappa shape index (κ3) is 3.94. The van der Waals surface area contributed by atoms with E-state index in [-0.39, 0.29) is 5.54 Å². The normalized spacial score (nSPS) is 25.4. The lowest BCUT2D eigenvalue weighted by molar-refractivity contribution is 0.169. The average molecular weight is 242 g/mol. The molecular weight excluding hydrogens is 212 g/mol. The van der Waals surface area contributed by atoms with Gasteiger partial charge in [-0.25, -0.2) is 0 Å². The van der Waals surface area contributed by atoms with E-state index in [9.17, 15) is 5.11 Å². The van der Waals surface area contributed by atoms with Crippen molar-refractivity contribution >= 4 is 0 Å². The van der Waals surface area contributed by atoms with Crippen LogP contribution in [0.3, 0.4) is 0 Å². The molecule has 1 aliphatic carbocycles. The zero-order valence-electron chi connectivity index (χ0n) is 11.5. The summed E-state index contributed by atoms with van der Waals surface area (Å²) in [7, 11) is 0. The zero-order valence-corrected chi connectivity index (χ0v) is 11.5. The largest absolute Gasteiger partial charge is 0.396 e. The maximum Gasteiger partial charge on any atom is 0.0474 e. The quantitative estimate of drug-likeness (QED) is 0.610. The van der Waals surface area contributed by atoms with Crippen LogP contribution in [0.1, 0.15) is 58.8 Å². The Morgan fingerprint density at radius 1 is 1.24 bits per heavy atom. The Kier molecular flexibility index (Phi) is 6.45. The van der Waals surface area contributed by atoms with Gasteiger partial charge in [-0.2, -0.15) is 0 Å². The summed E-state index contributed by atoms with van der Waals surface area (Å²) in [4.78, 5) is 0. The van der Waals surface area contributed by atoms with E-state index in [1.165, 1.54) is 25.7 Å². The Morgan fingerprint density at radius 2 is 1.88 bits per heavy atom. The van der Waals surface area contributed by atoms with Crippen molar-refractivity contribution in [1.29, 1.82) is 0 Å². The Hall–Kier alpha value is -0.120. The summed E-state index contributed by atoms with van der Waals surface area (Å²) in [5.74, 6) is 0.439. The lowest BCUT2D eigenvalue weighted by atomic mass is 9.86. The number of nitrogens with one attached hydrogen (secondary N) is 1. The minimum absolute atomic E-state index is 0.103. The first-order valence-corrected chi connectivity index (χ1v) is 7.30. The summed E-state index contributed by atoms with van der Waals surface area (Å²) in [5.41, 5.74) is 6.12. The highest BCUT2D eigenvalue weighted by Gasteiger charge is 2.34. The first kappa shape index (κ1) is 14.9. The molecule has 0 heterocycles. The summed E-state index contributed by atoms with van der Waals surface area (Å²) in [6.45, 7) is 5.47. The molecule has 0 aromatic heterocycles. The fraction of sp³-hybridized carbons (Fsp3) is 1.00. The first-order valence-electron chi connectivity index (χ1n) is 7.30. The van der Waals surface area contributed by atoms with Crippen molar-refractivity contribution in [2.24, 2.45) is 11.7 Å². The van der Waals surface area contributed by atoms with Crippen molar-refractivity contribution in [1.82, 2.24) is 5.32 Å². The minimum Gasteiger partial charge on any atom is -0.396 e. The second kappa shape index (κ2) is 7.34. The molecule has 4 N–H and O–H groups in total. The maximum atomic E-state index is 9.39. The third-order valence-electron chi connectivity index (χ3n) is 4.23. The summed E-state index contributed by atoms with van der Waals surface area (Å²) in [6.07, 6.45) is 8.22. The Morgan fingerprint density at radius 3 is 2.35 bits per heavy atom. The van der Waals surface area contributed by atoms with Crippen LogP contribution >= 0.6 is 0 Å². The van der Waals surface area contributed by atoms with E-state index in [0.717, 1.165) is 19.3 Å². The van der Waals surface area contributed by atoms with Crippen molar-refractivity contribution < 1.29 is 5.11 Å². The molecule has 0 amide bonds. The number of aliphatic hydroxyl groups excluding tert-OH is 1. The zero-order chi connectivity index (χ0) is 12.7. The molecule has 0 spiro atoms. The van der Waals surface area contributed by atoms with Gasteiger partial charge >= 0.3 is 0 Å². The van der Waals surface area contributed by atoms with Crippen molar-refractivity contribution in [3.63, 3.8) is 0 Å². The Labute approximate surface area is 106 Å². The maximum absolute atomic E-state index is 9.39. The first-order chi connectivity index (χ1) is 8.21.